The molecule has 1 saturated heterocycles. The van der Waals surface area contributed by atoms with Crippen LogP contribution in [0.25, 0.3) is 27.9 Å². The molecule has 0 bridgehead atoms. The van der Waals surface area contributed by atoms with Gasteiger partial charge in [0.1, 0.15) is 0 Å². The Morgan fingerprint density at radius 2 is 1.97 bits per heavy atom. The van der Waals surface area contributed by atoms with Crippen LogP contribution in [0.5, 0.6) is 0 Å². The number of rotatable bonds is 6. The monoisotopic (exact) mass is 540 g/mol. The van der Waals surface area contributed by atoms with Crippen molar-refractivity contribution in [3.63, 3.8) is 0 Å². The predicted molar refractivity (Wildman–Crippen MR) is 137 cm³/mol. The molecule has 184 valence electrons. The fraction of sp³-hybridized carbons (Fsp3) is 0.435. The van der Waals surface area contributed by atoms with Crippen LogP contribution in [0.2, 0.25) is 0 Å². The van der Waals surface area contributed by atoms with Gasteiger partial charge in [-0.3, -0.25) is 14.4 Å². The molecule has 1 atom stereocenters. The predicted octanol–water partition coefficient (Wildman–Crippen LogP) is 0.978. The number of nitrogens with one attached hydrogen (secondary N) is 1. The second-order valence-corrected chi connectivity index (χ2v) is 10.1. The van der Waals surface area contributed by atoms with Crippen LogP contribution in [0.1, 0.15) is 12.7 Å². The first-order valence-electron chi connectivity index (χ1n) is 11.6. The van der Waals surface area contributed by atoms with E-state index in [1.54, 1.807) is 22.3 Å². The van der Waals surface area contributed by atoms with Crippen LogP contribution >= 0.6 is 15.9 Å². The Kier molecular flexibility index (Phi) is 6.30. The van der Waals surface area contributed by atoms with Gasteiger partial charge in [-0.1, -0.05) is 6.07 Å². The minimum absolute atomic E-state index is 0.312. The zero-order valence-electron chi connectivity index (χ0n) is 20.1. The molecule has 0 radical (unpaired) electrons. The number of halogens is 1. The summed E-state index contributed by atoms with van der Waals surface area (Å²) in [5.41, 5.74) is 7.23. The Morgan fingerprint density at radius 1 is 1.20 bits per heavy atom. The number of benzene rings is 1. The lowest BCUT2D eigenvalue weighted by molar-refractivity contribution is -0.126. The molecule has 12 heteroatoms. The van der Waals surface area contributed by atoms with E-state index in [0.29, 0.717) is 29.4 Å². The fourth-order valence-corrected chi connectivity index (χ4v) is 4.73. The second kappa shape index (κ2) is 9.26. The van der Waals surface area contributed by atoms with Gasteiger partial charge in [-0.05, 0) is 42.0 Å². The van der Waals surface area contributed by atoms with Gasteiger partial charge in [0.25, 0.3) is 0 Å². The van der Waals surface area contributed by atoms with E-state index < -0.39 is 5.54 Å². The topological polar surface area (TPSA) is 122 Å². The zero-order chi connectivity index (χ0) is 24.7. The normalized spacial score (nSPS) is 17.2. The van der Waals surface area contributed by atoms with E-state index in [4.69, 9.17) is 15.7 Å². The number of likely N-dealkylation sites (N-methyl/N-ethyl adjacent to an activating group) is 1. The first kappa shape index (κ1) is 23.8. The molecule has 0 saturated carbocycles. The summed E-state index contributed by atoms with van der Waals surface area (Å²) in [5, 5.41) is 12.7. The number of fused-ring (bicyclic) bond motifs is 3. The van der Waals surface area contributed by atoms with Crippen LogP contribution in [-0.4, -0.2) is 91.4 Å². The Hall–Kier alpha value is -2.93. The summed E-state index contributed by atoms with van der Waals surface area (Å²) in [7, 11) is 3.96. The third-order valence-corrected chi connectivity index (χ3v) is 7.10. The summed E-state index contributed by atoms with van der Waals surface area (Å²) in [6.45, 7) is 6.98. The minimum Gasteiger partial charge on any atom is -0.353 e. The molecule has 0 aliphatic carbocycles. The minimum atomic E-state index is -1.44. The van der Waals surface area contributed by atoms with E-state index in [1.807, 2.05) is 31.4 Å². The van der Waals surface area contributed by atoms with Crippen LogP contribution in [0, 0.1) is 0 Å². The number of aryl methyl sites for hydroxylation is 1. The number of piperazine rings is 1. The first-order chi connectivity index (χ1) is 16.7. The van der Waals surface area contributed by atoms with Gasteiger partial charge >= 0.3 is 0 Å². The SMILES string of the molecule is CN1CCN(CCNC(=O)[C@@](C)(N)c2nc3c(Br)cccc3c3nc(-c4cnn(C)c4)nn23)CC1. The maximum absolute atomic E-state index is 13.3. The number of carbonyl (C=O) groups is 1. The van der Waals surface area contributed by atoms with Gasteiger partial charge in [0, 0.05) is 62.4 Å². The van der Waals surface area contributed by atoms with Gasteiger partial charge in [0.15, 0.2) is 22.8 Å². The van der Waals surface area contributed by atoms with Crippen LogP contribution in [-0.2, 0) is 17.4 Å². The van der Waals surface area contributed by atoms with Crippen molar-refractivity contribution in [1.29, 1.82) is 0 Å². The smallest absolute Gasteiger partial charge is 0.247 e. The number of nitrogens with zero attached hydrogens (tertiary/aromatic N) is 8. The molecule has 4 aromatic rings. The summed E-state index contributed by atoms with van der Waals surface area (Å²) < 4.78 is 4.06. The zero-order valence-corrected chi connectivity index (χ0v) is 21.7. The van der Waals surface area contributed by atoms with Gasteiger partial charge in [-0.2, -0.15) is 9.61 Å². The molecular weight excluding hydrogens is 512 g/mol. The van der Waals surface area contributed by atoms with Crippen molar-refractivity contribution >= 4 is 38.4 Å². The molecule has 3 N–H and O–H groups in total. The van der Waals surface area contributed by atoms with Gasteiger partial charge < -0.3 is 16.0 Å². The maximum Gasteiger partial charge on any atom is 0.247 e. The van der Waals surface area contributed by atoms with Gasteiger partial charge in [0.05, 0.1) is 17.3 Å². The van der Waals surface area contributed by atoms with Crippen LogP contribution in [0.3, 0.4) is 0 Å². The van der Waals surface area contributed by atoms with Crippen molar-refractivity contribution in [2.24, 2.45) is 12.8 Å². The standard InChI is InChI=1S/C23H29BrN10O/c1-23(25,22(35)26-7-8-33-11-9-31(2)10-12-33)21-28-18-16(5-4-6-17(18)24)20-29-19(30-34(20)21)15-13-27-32(3)14-15/h4-6,13-14H,7-12,25H2,1-3H3,(H,26,35)/t23-/m0/s1. The average Bonchev–Trinajstić information content (AvgIpc) is 3.46. The van der Waals surface area contributed by atoms with Crippen LogP contribution < -0.4 is 11.1 Å². The largest absolute Gasteiger partial charge is 0.353 e. The van der Waals surface area contributed by atoms with Crippen molar-refractivity contribution in [1.82, 2.24) is 44.5 Å². The van der Waals surface area contributed by atoms with E-state index in [0.717, 1.165) is 48.1 Å². The number of para-hydroxylation sites is 1. The molecule has 1 aliphatic rings. The third kappa shape index (κ3) is 4.54. The number of hydrogen-bond acceptors (Lipinski definition) is 8. The number of carbonyl (C=O) groups excluding carboxylic acids is 1. The summed E-state index contributed by atoms with van der Waals surface area (Å²) in [4.78, 5) is 27.5. The van der Waals surface area contributed by atoms with Crippen molar-refractivity contribution in [2.45, 2.75) is 12.5 Å². The molecular formula is C23H29BrN10O. The highest BCUT2D eigenvalue weighted by Crippen LogP contribution is 2.29. The first-order valence-corrected chi connectivity index (χ1v) is 12.4. The van der Waals surface area contributed by atoms with Crippen LogP contribution in [0.4, 0.5) is 0 Å². The van der Waals surface area contributed by atoms with Gasteiger partial charge in [0.2, 0.25) is 5.91 Å². The fourth-order valence-electron chi connectivity index (χ4n) is 4.28. The lowest BCUT2D eigenvalue weighted by atomic mass is 10.0. The molecule has 1 aromatic carbocycles. The van der Waals surface area contributed by atoms with E-state index >= 15 is 0 Å². The highest BCUT2D eigenvalue weighted by Gasteiger charge is 2.36. The molecule has 1 fully saturated rings. The second-order valence-electron chi connectivity index (χ2n) is 9.25. The number of amides is 1. The van der Waals surface area contributed by atoms with Crippen LogP contribution in [0.15, 0.2) is 35.1 Å². The number of hydrogen-bond donors (Lipinski definition) is 2. The van der Waals surface area contributed by atoms with E-state index in [-0.39, 0.29) is 5.91 Å². The van der Waals surface area contributed by atoms with Crippen molar-refractivity contribution < 1.29 is 4.79 Å². The summed E-state index contributed by atoms with van der Waals surface area (Å²) in [6, 6.07) is 5.74. The summed E-state index contributed by atoms with van der Waals surface area (Å²) >= 11 is 3.58. The molecule has 3 aromatic heterocycles. The Labute approximate surface area is 211 Å². The van der Waals surface area contributed by atoms with E-state index in [9.17, 15) is 4.79 Å². The van der Waals surface area contributed by atoms with Gasteiger partial charge in [-0.25, -0.2) is 9.97 Å². The molecule has 1 amide bonds. The quantitative estimate of drug-likeness (QED) is 0.371. The average molecular weight is 541 g/mol. The molecule has 0 spiro atoms. The number of nitrogens with two attached hydrogens (primary N) is 1. The van der Waals surface area contributed by atoms with Gasteiger partial charge in [-0.15, -0.1) is 5.10 Å². The molecule has 0 unspecified atom stereocenters. The summed E-state index contributed by atoms with van der Waals surface area (Å²) in [6.07, 6.45) is 3.54. The Bertz CT molecular complexity index is 1390. The lowest BCUT2D eigenvalue weighted by Crippen LogP contribution is -2.53. The molecule has 5 rings (SSSR count). The van der Waals surface area contributed by atoms with Crippen molar-refractivity contribution in [3.8, 4) is 11.4 Å². The summed E-state index contributed by atoms with van der Waals surface area (Å²) in [5.74, 6) is 0.483. The molecule has 35 heavy (non-hydrogen) atoms. The third-order valence-electron chi connectivity index (χ3n) is 6.46. The Balaban J connectivity index is 1.49. The van der Waals surface area contributed by atoms with E-state index in [1.165, 1.54) is 0 Å². The molecule has 11 nitrogen and oxygen atoms in total. The number of aromatic nitrogens is 6. The van der Waals surface area contributed by atoms with Crippen molar-refractivity contribution in [3.05, 3.63) is 40.9 Å². The molecule has 4 heterocycles. The van der Waals surface area contributed by atoms with E-state index in [2.05, 4.69) is 48.3 Å². The highest BCUT2D eigenvalue weighted by atomic mass is 79.9. The highest BCUT2D eigenvalue weighted by molar-refractivity contribution is 9.10. The molecule has 1 aliphatic heterocycles. The lowest BCUT2D eigenvalue weighted by Gasteiger charge is -2.32. The maximum atomic E-state index is 13.3. The Morgan fingerprint density at radius 3 is 2.69 bits per heavy atom. The van der Waals surface area contributed by atoms with Crippen molar-refractivity contribution in [2.75, 3.05) is 46.3 Å².